The number of aryl methyl sites for hydroxylation is 1. The van der Waals surface area contributed by atoms with E-state index in [9.17, 15) is 0 Å². The molecule has 0 radical (unpaired) electrons. The molecule has 0 fully saturated rings. The van der Waals surface area contributed by atoms with Crippen LogP contribution < -0.4 is 0 Å². The average Bonchev–Trinajstić information content (AvgIpc) is 2.64. The molecule has 0 unspecified atom stereocenters. The van der Waals surface area contributed by atoms with Gasteiger partial charge >= 0.3 is 0 Å². The first kappa shape index (κ1) is 11.5. The van der Waals surface area contributed by atoms with Crippen molar-refractivity contribution in [1.82, 2.24) is 9.78 Å². The van der Waals surface area contributed by atoms with E-state index in [0.29, 0.717) is 0 Å². The highest BCUT2D eigenvalue weighted by atomic mass is 16.5. The molecule has 0 aliphatic carbocycles. The highest BCUT2D eigenvalue weighted by Crippen LogP contribution is 2.18. The second-order valence-electron chi connectivity index (χ2n) is 3.87. The second-order valence-corrected chi connectivity index (χ2v) is 3.87. The van der Waals surface area contributed by atoms with E-state index in [-0.39, 0.29) is 0 Å². The largest absolute Gasteiger partial charge is 0.504 e. The van der Waals surface area contributed by atoms with Gasteiger partial charge in [0, 0.05) is 11.3 Å². The van der Waals surface area contributed by atoms with Crippen molar-refractivity contribution in [3.63, 3.8) is 0 Å². The predicted octanol–water partition coefficient (Wildman–Crippen LogP) is 3.11. The van der Waals surface area contributed by atoms with Crippen molar-refractivity contribution in [2.75, 3.05) is 7.11 Å². The molecule has 88 valence electrons. The Bertz CT molecular complexity index is 527. The lowest BCUT2D eigenvalue weighted by Crippen LogP contribution is -1.98. The fourth-order valence-corrected chi connectivity index (χ4v) is 1.85. The van der Waals surface area contributed by atoms with Crippen LogP contribution in [0.4, 0.5) is 0 Å². The van der Waals surface area contributed by atoms with Crippen LogP contribution in [0.1, 0.15) is 17.0 Å². The lowest BCUT2D eigenvalue weighted by molar-refractivity contribution is 0.341. The summed E-state index contributed by atoms with van der Waals surface area (Å²) in [7, 11) is 1.64. The lowest BCUT2D eigenvalue weighted by atomic mass is 10.2. The zero-order valence-electron chi connectivity index (χ0n) is 10.3. The molecule has 0 aliphatic rings. The third-order valence-corrected chi connectivity index (χ3v) is 2.72. The maximum atomic E-state index is 4.95. The van der Waals surface area contributed by atoms with E-state index in [4.69, 9.17) is 4.74 Å². The van der Waals surface area contributed by atoms with Gasteiger partial charge in [-0.05, 0) is 32.1 Å². The summed E-state index contributed by atoms with van der Waals surface area (Å²) in [6.45, 7) is 4.06. The van der Waals surface area contributed by atoms with Gasteiger partial charge in [0.25, 0.3) is 0 Å². The summed E-state index contributed by atoms with van der Waals surface area (Å²) in [5.74, 6) is 0. The Morgan fingerprint density at radius 3 is 2.53 bits per heavy atom. The molecule has 2 aromatic rings. The molecular formula is C14H16N2O. The fourth-order valence-electron chi connectivity index (χ4n) is 1.85. The Balaban J connectivity index is 2.48. The summed E-state index contributed by atoms with van der Waals surface area (Å²) in [6, 6.07) is 10.1. The third-order valence-electron chi connectivity index (χ3n) is 2.72. The van der Waals surface area contributed by atoms with Crippen molar-refractivity contribution in [2.45, 2.75) is 13.8 Å². The van der Waals surface area contributed by atoms with E-state index in [1.165, 1.54) is 0 Å². The number of aromatic nitrogens is 2. The molecule has 1 aromatic carbocycles. The minimum atomic E-state index is 1.000. The van der Waals surface area contributed by atoms with E-state index in [2.05, 4.69) is 12.0 Å². The average molecular weight is 228 g/mol. The number of benzene rings is 1. The molecule has 0 bridgehead atoms. The van der Waals surface area contributed by atoms with Crippen molar-refractivity contribution in [1.29, 1.82) is 0 Å². The lowest BCUT2D eigenvalue weighted by Gasteiger charge is -2.03. The van der Waals surface area contributed by atoms with Gasteiger partial charge in [-0.25, -0.2) is 4.68 Å². The normalized spacial score (nSPS) is 11.0. The zero-order valence-corrected chi connectivity index (χ0v) is 10.3. The first-order chi connectivity index (χ1) is 8.24. The van der Waals surface area contributed by atoms with Gasteiger partial charge in [0.15, 0.2) is 0 Å². The van der Waals surface area contributed by atoms with Gasteiger partial charge in [-0.2, -0.15) is 5.10 Å². The van der Waals surface area contributed by atoms with Crippen LogP contribution in [-0.4, -0.2) is 16.9 Å². The number of rotatable bonds is 3. The standard InChI is InChI=1S/C14H16N2O/c1-11-14(9-10-17-3)12(2)16(15-11)13-7-5-4-6-8-13/h4-10H,1-3H3/b10-9+. The maximum absolute atomic E-state index is 4.95. The van der Waals surface area contributed by atoms with Gasteiger partial charge in [0.05, 0.1) is 24.8 Å². The molecule has 0 aliphatic heterocycles. The smallest absolute Gasteiger partial charge is 0.0831 e. The molecule has 0 saturated heterocycles. The Kier molecular flexibility index (Phi) is 3.28. The topological polar surface area (TPSA) is 27.1 Å². The van der Waals surface area contributed by atoms with Crippen molar-refractivity contribution in [3.8, 4) is 5.69 Å². The van der Waals surface area contributed by atoms with E-state index >= 15 is 0 Å². The molecule has 0 atom stereocenters. The van der Waals surface area contributed by atoms with Crippen LogP contribution in [-0.2, 0) is 4.74 Å². The molecular weight excluding hydrogens is 212 g/mol. The van der Waals surface area contributed by atoms with E-state index in [1.54, 1.807) is 13.4 Å². The van der Waals surface area contributed by atoms with Crippen LogP contribution in [0.2, 0.25) is 0 Å². The summed E-state index contributed by atoms with van der Waals surface area (Å²) >= 11 is 0. The minimum absolute atomic E-state index is 1.000. The Labute approximate surface area is 101 Å². The molecule has 2 rings (SSSR count). The first-order valence-corrected chi connectivity index (χ1v) is 5.55. The molecule has 1 aromatic heterocycles. The monoisotopic (exact) mass is 228 g/mol. The van der Waals surface area contributed by atoms with Crippen LogP contribution in [0.25, 0.3) is 11.8 Å². The van der Waals surface area contributed by atoms with Gasteiger partial charge in [0.2, 0.25) is 0 Å². The van der Waals surface area contributed by atoms with Crippen molar-refractivity contribution >= 4 is 6.08 Å². The summed E-state index contributed by atoms with van der Waals surface area (Å²) in [6.07, 6.45) is 3.61. The van der Waals surface area contributed by atoms with Gasteiger partial charge < -0.3 is 4.74 Å². The first-order valence-electron chi connectivity index (χ1n) is 5.55. The van der Waals surface area contributed by atoms with Gasteiger partial charge in [-0.15, -0.1) is 0 Å². The number of nitrogens with zero attached hydrogens (tertiary/aromatic N) is 2. The fraction of sp³-hybridized carbons (Fsp3) is 0.214. The van der Waals surface area contributed by atoms with E-state index < -0.39 is 0 Å². The van der Waals surface area contributed by atoms with Crippen LogP contribution in [0.3, 0.4) is 0 Å². The van der Waals surface area contributed by atoms with Crippen LogP contribution in [0, 0.1) is 13.8 Å². The number of hydrogen-bond acceptors (Lipinski definition) is 2. The van der Waals surface area contributed by atoms with Crippen LogP contribution in [0.15, 0.2) is 36.6 Å². The third kappa shape index (κ3) is 2.23. The summed E-state index contributed by atoms with van der Waals surface area (Å²) in [5, 5.41) is 4.54. The van der Waals surface area contributed by atoms with Crippen molar-refractivity contribution in [2.24, 2.45) is 0 Å². The molecule has 0 spiro atoms. The van der Waals surface area contributed by atoms with Crippen LogP contribution in [0.5, 0.6) is 0 Å². The molecule has 0 amide bonds. The zero-order chi connectivity index (χ0) is 12.3. The quantitative estimate of drug-likeness (QED) is 0.755. The van der Waals surface area contributed by atoms with Gasteiger partial charge in [-0.1, -0.05) is 18.2 Å². The van der Waals surface area contributed by atoms with Crippen LogP contribution >= 0.6 is 0 Å². The van der Waals surface area contributed by atoms with Gasteiger partial charge in [0.1, 0.15) is 0 Å². The van der Waals surface area contributed by atoms with Gasteiger partial charge in [-0.3, -0.25) is 0 Å². The number of ether oxygens (including phenoxy) is 1. The highest BCUT2D eigenvalue weighted by molar-refractivity contribution is 5.55. The number of methoxy groups -OCH3 is 1. The summed E-state index contributed by atoms with van der Waals surface area (Å²) in [5.41, 5.74) is 4.29. The van der Waals surface area contributed by atoms with E-state index in [1.807, 2.05) is 48.0 Å². The predicted molar refractivity (Wildman–Crippen MR) is 69.1 cm³/mol. The molecule has 0 N–H and O–H groups in total. The van der Waals surface area contributed by atoms with E-state index in [0.717, 1.165) is 22.6 Å². The SMILES string of the molecule is CO/C=C/c1c(C)nn(-c2ccccc2)c1C. The number of para-hydroxylation sites is 1. The molecule has 3 nitrogen and oxygen atoms in total. The van der Waals surface area contributed by atoms with Crippen molar-refractivity contribution < 1.29 is 4.74 Å². The number of hydrogen-bond donors (Lipinski definition) is 0. The molecule has 0 saturated carbocycles. The summed E-state index contributed by atoms with van der Waals surface area (Å²) < 4.78 is 6.90. The minimum Gasteiger partial charge on any atom is -0.504 e. The van der Waals surface area contributed by atoms with Crippen molar-refractivity contribution in [3.05, 3.63) is 53.5 Å². The maximum Gasteiger partial charge on any atom is 0.0831 e. The second kappa shape index (κ2) is 4.87. The Hall–Kier alpha value is -2.03. The summed E-state index contributed by atoms with van der Waals surface area (Å²) in [4.78, 5) is 0. The molecule has 3 heteroatoms. The molecule has 17 heavy (non-hydrogen) atoms. The Morgan fingerprint density at radius 1 is 1.18 bits per heavy atom. The highest BCUT2D eigenvalue weighted by Gasteiger charge is 2.09. The molecule has 1 heterocycles. The Morgan fingerprint density at radius 2 is 1.88 bits per heavy atom.